The van der Waals surface area contributed by atoms with Gasteiger partial charge in [0, 0.05) is 13.1 Å². The lowest BCUT2D eigenvalue weighted by Crippen LogP contribution is -2.21. The van der Waals surface area contributed by atoms with Crippen molar-refractivity contribution >= 4 is 11.9 Å². The lowest BCUT2D eigenvalue weighted by Gasteiger charge is -2.21. The van der Waals surface area contributed by atoms with Gasteiger partial charge in [0.15, 0.2) is 0 Å². The summed E-state index contributed by atoms with van der Waals surface area (Å²) in [6.07, 6.45) is 5.63. The first-order chi connectivity index (χ1) is 10.3. The van der Waals surface area contributed by atoms with Crippen molar-refractivity contribution in [3.8, 4) is 6.01 Å². The Labute approximate surface area is 126 Å². The smallest absolute Gasteiger partial charge is 0.323 e. The third-order valence-corrected chi connectivity index (χ3v) is 4.63. The highest BCUT2D eigenvalue weighted by Gasteiger charge is 2.39. The van der Waals surface area contributed by atoms with E-state index in [0.29, 0.717) is 24.5 Å². The molecular formula is C15H25N5O. The molecule has 3 unspecified atom stereocenters. The van der Waals surface area contributed by atoms with Crippen molar-refractivity contribution in [2.45, 2.75) is 39.5 Å². The molecule has 2 bridgehead atoms. The average molecular weight is 291 g/mol. The van der Waals surface area contributed by atoms with Crippen LogP contribution in [0.3, 0.4) is 0 Å². The van der Waals surface area contributed by atoms with Gasteiger partial charge in [-0.3, -0.25) is 0 Å². The summed E-state index contributed by atoms with van der Waals surface area (Å²) in [5, 5.41) is 6.51. The minimum atomic E-state index is 0.388. The molecule has 0 spiro atoms. The molecule has 3 atom stereocenters. The third-order valence-electron chi connectivity index (χ3n) is 4.63. The van der Waals surface area contributed by atoms with E-state index >= 15 is 0 Å². The van der Waals surface area contributed by atoms with Gasteiger partial charge in [-0.15, -0.1) is 0 Å². The second kappa shape index (κ2) is 6.45. The van der Waals surface area contributed by atoms with Crippen LogP contribution in [-0.2, 0) is 0 Å². The number of anilines is 2. The quantitative estimate of drug-likeness (QED) is 0.804. The number of nitrogens with zero attached hydrogens (tertiary/aromatic N) is 3. The van der Waals surface area contributed by atoms with Gasteiger partial charge in [0.05, 0.1) is 6.61 Å². The standard InChI is InChI=1S/C15H25N5O/c1-3-16-13-18-14(20-15(19-13)21-4-2)17-9-12-8-10-5-6-11(12)7-10/h10-12H,3-9H2,1-2H3,(H2,16,17,18,19,20). The predicted octanol–water partition coefficient (Wildman–Crippen LogP) is 2.55. The molecule has 21 heavy (non-hydrogen) atoms. The van der Waals surface area contributed by atoms with E-state index in [4.69, 9.17) is 4.74 Å². The zero-order chi connectivity index (χ0) is 14.7. The molecule has 0 radical (unpaired) electrons. The zero-order valence-electron chi connectivity index (χ0n) is 12.9. The number of aromatic nitrogens is 3. The van der Waals surface area contributed by atoms with Crippen LogP contribution in [0.5, 0.6) is 6.01 Å². The van der Waals surface area contributed by atoms with Crippen LogP contribution in [0.15, 0.2) is 0 Å². The molecule has 0 amide bonds. The lowest BCUT2D eigenvalue weighted by atomic mass is 9.89. The summed E-state index contributed by atoms with van der Waals surface area (Å²) in [5.74, 6) is 3.85. The number of nitrogens with one attached hydrogen (secondary N) is 2. The van der Waals surface area contributed by atoms with E-state index in [-0.39, 0.29) is 0 Å². The van der Waals surface area contributed by atoms with Crippen LogP contribution in [0.1, 0.15) is 39.5 Å². The van der Waals surface area contributed by atoms with Gasteiger partial charge in [0.2, 0.25) is 11.9 Å². The van der Waals surface area contributed by atoms with Gasteiger partial charge in [0.1, 0.15) is 0 Å². The van der Waals surface area contributed by atoms with Gasteiger partial charge in [-0.2, -0.15) is 15.0 Å². The van der Waals surface area contributed by atoms with Crippen LogP contribution < -0.4 is 15.4 Å². The van der Waals surface area contributed by atoms with Gasteiger partial charge in [-0.25, -0.2) is 0 Å². The predicted molar refractivity (Wildman–Crippen MR) is 82.6 cm³/mol. The van der Waals surface area contributed by atoms with E-state index in [0.717, 1.165) is 30.8 Å². The topological polar surface area (TPSA) is 72.0 Å². The Kier molecular flexibility index (Phi) is 4.41. The summed E-state index contributed by atoms with van der Waals surface area (Å²) in [4.78, 5) is 13.0. The number of ether oxygens (including phenoxy) is 1. The molecule has 0 saturated heterocycles. The second-order valence-electron chi connectivity index (χ2n) is 6.04. The minimum absolute atomic E-state index is 0.388. The number of hydrogen-bond acceptors (Lipinski definition) is 6. The Morgan fingerprint density at radius 1 is 1.05 bits per heavy atom. The number of hydrogen-bond donors (Lipinski definition) is 2. The summed E-state index contributed by atoms with van der Waals surface area (Å²) in [6.45, 7) is 6.25. The van der Waals surface area contributed by atoms with Crippen LogP contribution in [0.25, 0.3) is 0 Å². The monoisotopic (exact) mass is 291 g/mol. The second-order valence-corrected chi connectivity index (χ2v) is 6.04. The van der Waals surface area contributed by atoms with Crippen LogP contribution in [0, 0.1) is 17.8 Å². The summed E-state index contributed by atoms with van der Waals surface area (Å²) < 4.78 is 5.41. The summed E-state index contributed by atoms with van der Waals surface area (Å²) in [6, 6.07) is 0.388. The van der Waals surface area contributed by atoms with Crippen molar-refractivity contribution in [2.75, 3.05) is 30.3 Å². The van der Waals surface area contributed by atoms with Crippen LogP contribution in [0.2, 0.25) is 0 Å². The van der Waals surface area contributed by atoms with Crippen LogP contribution >= 0.6 is 0 Å². The van der Waals surface area contributed by atoms with Crippen molar-refractivity contribution in [3.63, 3.8) is 0 Å². The maximum Gasteiger partial charge on any atom is 0.323 e. The molecule has 6 nitrogen and oxygen atoms in total. The van der Waals surface area contributed by atoms with E-state index in [1.165, 1.54) is 25.7 Å². The Bertz CT molecular complexity index is 457. The molecule has 3 rings (SSSR count). The maximum absolute atomic E-state index is 5.41. The molecule has 0 aliphatic heterocycles. The molecular weight excluding hydrogens is 266 g/mol. The largest absolute Gasteiger partial charge is 0.464 e. The van der Waals surface area contributed by atoms with Crippen molar-refractivity contribution in [2.24, 2.45) is 17.8 Å². The Morgan fingerprint density at radius 2 is 1.86 bits per heavy atom. The van der Waals surface area contributed by atoms with Gasteiger partial charge in [-0.05, 0) is 50.9 Å². The maximum atomic E-state index is 5.41. The molecule has 2 aliphatic carbocycles. The highest BCUT2D eigenvalue weighted by Crippen LogP contribution is 2.48. The van der Waals surface area contributed by atoms with Crippen LogP contribution in [0.4, 0.5) is 11.9 Å². The summed E-state index contributed by atoms with van der Waals surface area (Å²) in [7, 11) is 0. The first-order valence-electron chi connectivity index (χ1n) is 8.15. The number of fused-ring (bicyclic) bond motifs is 2. The van der Waals surface area contributed by atoms with E-state index in [1.807, 2.05) is 13.8 Å². The normalized spacial score (nSPS) is 26.9. The fourth-order valence-electron chi connectivity index (χ4n) is 3.72. The first kappa shape index (κ1) is 14.4. The fraction of sp³-hybridized carbons (Fsp3) is 0.800. The lowest BCUT2D eigenvalue weighted by molar-refractivity contribution is 0.312. The molecule has 1 aromatic heterocycles. The average Bonchev–Trinajstić information content (AvgIpc) is 3.08. The van der Waals surface area contributed by atoms with Crippen molar-refractivity contribution in [1.82, 2.24) is 15.0 Å². The highest BCUT2D eigenvalue weighted by atomic mass is 16.5. The molecule has 2 N–H and O–H groups in total. The highest BCUT2D eigenvalue weighted by molar-refractivity contribution is 5.35. The molecule has 2 saturated carbocycles. The van der Waals surface area contributed by atoms with Crippen molar-refractivity contribution < 1.29 is 4.74 Å². The molecule has 2 aliphatic rings. The van der Waals surface area contributed by atoms with Gasteiger partial charge in [-0.1, -0.05) is 6.42 Å². The van der Waals surface area contributed by atoms with Crippen molar-refractivity contribution in [3.05, 3.63) is 0 Å². The molecule has 6 heteroatoms. The fourth-order valence-corrected chi connectivity index (χ4v) is 3.72. The minimum Gasteiger partial charge on any atom is -0.464 e. The molecule has 116 valence electrons. The van der Waals surface area contributed by atoms with E-state index in [2.05, 4.69) is 25.6 Å². The summed E-state index contributed by atoms with van der Waals surface area (Å²) in [5.41, 5.74) is 0. The Hall–Kier alpha value is -1.59. The first-order valence-corrected chi connectivity index (χ1v) is 8.15. The zero-order valence-corrected chi connectivity index (χ0v) is 12.9. The number of rotatable bonds is 7. The van der Waals surface area contributed by atoms with E-state index in [9.17, 15) is 0 Å². The van der Waals surface area contributed by atoms with Crippen LogP contribution in [-0.4, -0.2) is 34.6 Å². The summed E-state index contributed by atoms with van der Waals surface area (Å²) >= 11 is 0. The van der Waals surface area contributed by atoms with Gasteiger partial charge >= 0.3 is 6.01 Å². The molecule has 0 aromatic carbocycles. The molecule has 2 fully saturated rings. The van der Waals surface area contributed by atoms with E-state index in [1.54, 1.807) is 0 Å². The SMILES string of the molecule is CCNc1nc(NCC2CC3CCC2C3)nc(OCC)n1. The van der Waals surface area contributed by atoms with Crippen molar-refractivity contribution in [1.29, 1.82) is 0 Å². The third kappa shape index (κ3) is 3.36. The van der Waals surface area contributed by atoms with Gasteiger partial charge in [0.25, 0.3) is 0 Å². The Balaban J connectivity index is 1.63. The van der Waals surface area contributed by atoms with Gasteiger partial charge < -0.3 is 15.4 Å². The Morgan fingerprint density at radius 3 is 2.48 bits per heavy atom. The van der Waals surface area contributed by atoms with E-state index < -0.39 is 0 Å². The molecule has 1 heterocycles. The molecule has 1 aromatic rings.